The van der Waals surface area contributed by atoms with Gasteiger partial charge in [0.1, 0.15) is 0 Å². The Bertz CT molecular complexity index is 642. The normalized spacial score (nSPS) is 10.6. The Hall–Kier alpha value is -2.24. The summed E-state index contributed by atoms with van der Waals surface area (Å²) in [5.74, 6) is -0.387. The molecule has 2 aromatic rings. The zero-order chi connectivity index (χ0) is 13.3. The highest BCUT2D eigenvalue weighted by molar-refractivity contribution is 5.75. The lowest BCUT2D eigenvalue weighted by atomic mass is 10.2. The van der Waals surface area contributed by atoms with Gasteiger partial charge in [-0.3, -0.25) is 4.57 Å². The zero-order valence-electron chi connectivity index (χ0n) is 10.6. The molecule has 6 heteroatoms. The molecule has 18 heavy (non-hydrogen) atoms. The van der Waals surface area contributed by atoms with Crippen molar-refractivity contribution in [3.8, 4) is 0 Å². The summed E-state index contributed by atoms with van der Waals surface area (Å²) in [6.45, 7) is 0.467. The standard InChI is InChI=1S/C12H15N3O3/c1-13-11(16)14(2)7-8-4-5-10-9(6-8)15(3)12(17)18-10/h4-6H,7H2,1-3H3,(H,13,16). The first-order valence-corrected chi connectivity index (χ1v) is 5.54. The number of oxazole rings is 1. The van der Waals surface area contributed by atoms with Gasteiger partial charge < -0.3 is 14.6 Å². The Labute approximate surface area is 104 Å². The highest BCUT2D eigenvalue weighted by Crippen LogP contribution is 2.15. The fourth-order valence-electron chi connectivity index (χ4n) is 1.81. The van der Waals surface area contributed by atoms with Crippen LogP contribution >= 0.6 is 0 Å². The molecule has 0 saturated carbocycles. The number of amides is 2. The fourth-order valence-corrected chi connectivity index (χ4v) is 1.81. The Morgan fingerprint density at radius 3 is 2.89 bits per heavy atom. The molecule has 0 aliphatic rings. The van der Waals surface area contributed by atoms with Crippen molar-refractivity contribution in [1.82, 2.24) is 14.8 Å². The molecular weight excluding hydrogens is 234 g/mol. The minimum atomic E-state index is -0.387. The molecule has 6 nitrogen and oxygen atoms in total. The van der Waals surface area contributed by atoms with Gasteiger partial charge in [-0.1, -0.05) is 6.07 Å². The van der Waals surface area contributed by atoms with E-state index in [4.69, 9.17) is 4.42 Å². The number of carbonyl (C=O) groups is 1. The average molecular weight is 249 g/mol. The molecule has 0 saturated heterocycles. The van der Waals surface area contributed by atoms with E-state index in [1.54, 1.807) is 32.1 Å². The Morgan fingerprint density at radius 2 is 2.22 bits per heavy atom. The molecule has 0 fully saturated rings. The smallest absolute Gasteiger partial charge is 0.408 e. The lowest BCUT2D eigenvalue weighted by Crippen LogP contribution is -2.34. The monoisotopic (exact) mass is 249 g/mol. The molecule has 96 valence electrons. The van der Waals surface area contributed by atoms with Crippen LogP contribution in [0.25, 0.3) is 11.1 Å². The summed E-state index contributed by atoms with van der Waals surface area (Å²) in [6, 6.07) is 5.27. The van der Waals surface area contributed by atoms with Crippen LogP contribution in [0.4, 0.5) is 4.79 Å². The number of nitrogens with zero attached hydrogens (tertiary/aromatic N) is 2. The first-order valence-electron chi connectivity index (χ1n) is 5.54. The largest absolute Gasteiger partial charge is 0.419 e. The van der Waals surface area contributed by atoms with Crippen LogP contribution in [-0.2, 0) is 13.6 Å². The van der Waals surface area contributed by atoms with Gasteiger partial charge >= 0.3 is 11.8 Å². The third kappa shape index (κ3) is 2.09. The van der Waals surface area contributed by atoms with Crippen LogP contribution in [0.2, 0.25) is 0 Å². The van der Waals surface area contributed by atoms with Gasteiger partial charge in [-0.15, -0.1) is 0 Å². The molecule has 2 amide bonds. The van der Waals surface area contributed by atoms with Crippen molar-refractivity contribution in [2.24, 2.45) is 7.05 Å². The summed E-state index contributed by atoms with van der Waals surface area (Å²) in [4.78, 5) is 24.3. The molecule has 1 N–H and O–H groups in total. The van der Waals surface area contributed by atoms with Crippen LogP contribution in [0.5, 0.6) is 0 Å². The number of urea groups is 1. The van der Waals surface area contributed by atoms with Gasteiger partial charge in [0.25, 0.3) is 0 Å². The fraction of sp³-hybridized carbons (Fsp3) is 0.333. The van der Waals surface area contributed by atoms with Crippen molar-refractivity contribution in [3.05, 3.63) is 34.3 Å². The predicted octanol–water partition coefficient (Wildman–Crippen LogP) is 0.903. The van der Waals surface area contributed by atoms with Crippen LogP contribution in [0, 0.1) is 0 Å². The predicted molar refractivity (Wildman–Crippen MR) is 67.4 cm³/mol. The number of rotatable bonds is 2. The number of nitrogens with one attached hydrogen (secondary N) is 1. The number of hydrogen-bond acceptors (Lipinski definition) is 3. The second kappa shape index (κ2) is 4.56. The maximum atomic E-state index is 11.4. The molecular formula is C12H15N3O3. The number of fused-ring (bicyclic) bond motifs is 1. The van der Waals surface area contributed by atoms with Gasteiger partial charge in [0.2, 0.25) is 0 Å². The topological polar surface area (TPSA) is 67.5 Å². The van der Waals surface area contributed by atoms with Crippen molar-refractivity contribution in [1.29, 1.82) is 0 Å². The number of aryl methyl sites for hydroxylation is 1. The van der Waals surface area contributed by atoms with Gasteiger partial charge in [0.05, 0.1) is 5.52 Å². The molecule has 1 aromatic carbocycles. The van der Waals surface area contributed by atoms with E-state index in [0.29, 0.717) is 12.1 Å². The average Bonchev–Trinajstić information content (AvgIpc) is 2.64. The second-order valence-electron chi connectivity index (χ2n) is 4.14. The minimum absolute atomic E-state index is 0.156. The molecule has 1 aromatic heterocycles. The maximum Gasteiger partial charge on any atom is 0.419 e. The maximum absolute atomic E-state index is 11.4. The van der Waals surface area contributed by atoms with E-state index in [1.165, 1.54) is 4.57 Å². The van der Waals surface area contributed by atoms with Gasteiger partial charge in [-0.25, -0.2) is 9.59 Å². The van der Waals surface area contributed by atoms with Crippen LogP contribution in [0.1, 0.15) is 5.56 Å². The van der Waals surface area contributed by atoms with E-state index < -0.39 is 0 Å². The molecule has 0 spiro atoms. The lowest BCUT2D eigenvalue weighted by Gasteiger charge is -2.16. The number of hydrogen-bond donors (Lipinski definition) is 1. The summed E-state index contributed by atoms with van der Waals surface area (Å²) < 4.78 is 6.48. The third-order valence-electron chi connectivity index (χ3n) is 2.84. The van der Waals surface area contributed by atoms with Crippen molar-refractivity contribution in [2.45, 2.75) is 6.54 Å². The van der Waals surface area contributed by atoms with E-state index >= 15 is 0 Å². The van der Waals surface area contributed by atoms with Gasteiger partial charge in [-0.2, -0.15) is 0 Å². The number of carbonyl (C=O) groups excluding carboxylic acids is 1. The lowest BCUT2D eigenvalue weighted by molar-refractivity contribution is 0.209. The second-order valence-corrected chi connectivity index (χ2v) is 4.14. The number of aromatic nitrogens is 1. The Kier molecular flexibility index (Phi) is 3.10. The molecule has 0 radical (unpaired) electrons. The van der Waals surface area contributed by atoms with Gasteiger partial charge in [0, 0.05) is 27.7 Å². The minimum Gasteiger partial charge on any atom is -0.408 e. The molecule has 0 unspecified atom stereocenters. The van der Waals surface area contributed by atoms with E-state index in [-0.39, 0.29) is 11.8 Å². The first-order chi connectivity index (χ1) is 8.52. The van der Waals surface area contributed by atoms with Crippen LogP contribution in [0.3, 0.4) is 0 Å². The zero-order valence-corrected chi connectivity index (χ0v) is 10.6. The van der Waals surface area contributed by atoms with E-state index in [1.807, 2.05) is 12.1 Å². The van der Waals surface area contributed by atoms with Crippen molar-refractivity contribution in [3.63, 3.8) is 0 Å². The van der Waals surface area contributed by atoms with Crippen LogP contribution in [-0.4, -0.2) is 29.6 Å². The van der Waals surface area contributed by atoms with Gasteiger partial charge in [0.15, 0.2) is 5.58 Å². The summed E-state index contributed by atoms with van der Waals surface area (Å²) >= 11 is 0. The summed E-state index contributed by atoms with van der Waals surface area (Å²) in [6.07, 6.45) is 0. The molecule has 0 aliphatic heterocycles. The van der Waals surface area contributed by atoms with Crippen molar-refractivity contribution >= 4 is 17.1 Å². The summed E-state index contributed by atoms with van der Waals surface area (Å²) in [7, 11) is 4.94. The van der Waals surface area contributed by atoms with E-state index in [9.17, 15) is 9.59 Å². The third-order valence-corrected chi connectivity index (χ3v) is 2.84. The van der Waals surface area contributed by atoms with Crippen molar-refractivity contribution in [2.75, 3.05) is 14.1 Å². The van der Waals surface area contributed by atoms with E-state index in [2.05, 4.69) is 5.32 Å². The molecule has 0 atom stereocenters. The molecule has 0 aliphatic carbocycles. The van der Waals surface area contributed by atoms with Crippen LogP contribution in [0.15, 0.2) is 27.4 Å². The van der Waals surface area contributed by atoms with Crippen molar-refractivity contribution < 1.29 is 9.21 Å². The SMILES string of the molecule is CNC(=O)N(C)Cc1ccc2oc(=O)n(C)c2c1. The quantitative estimate of drug-likeness (QED) is 0.860. The molecule has 1 heterocycles. The Morgan fingerprint density at radius 1 is 1.50 bits per heavy atom. The highest BCUT2D eigenvalue weighted by Gasteiger charge is 2.10. The van der Waals surface area contributed by atoms with E-state index in [0.717, 1.165) is 11.1 Å². The number of benzene rings is 1. The summed E-state index contributed by atoms with van der Waals surface area (Å²) in [5.41, 5.74) is 2.21. The van der Waals surface area contributed by atoms with Gasteiger partial charge in [-0.05, 0) is 17.7 Å². The Balaban J connectivity index is 2.33. The van der Waals surface area contributed by atoms with Crippen LogP contribution < -0.4 is 11.1 Å². The highest BCUT2D eigenvalue weighted by atomic mass is 16.4. The molecule has 2 rings (SSSR count). The first kappa shape index (κ1) is 12.2. The summed E-state index contributed by atoms with van der Waals surface area (Å²) in [5, 5.41) is 2.55. The molecule has 0 bridgehead atoms.